The number of carbonyl (C=O) groups excluding carboxylic acids is 2. The summed E-state index contributed by atoms with van der Waals surface area (Å²) in [6, 6.07) is 11.6. The Kier molecular flexibility index (Phi) is 8.34. The first-order valence-electron chi connectivity index (χ1n) is 11.7. The molecular formula is C27H33NO6. The molecule has 1 fully saturated rings. The van der Waals surface area contributed by atoms with E-state index in [1.165, 1.54) is 4.90 Å². The second-order valence-corrected chi connectivity index (χ2v) is 8.48. The van der Waals surface area contributed by atoms with Gasteiger partial charge in [-0.05, 0) is 60.7 Å². The van der Waals surface area contributed by atoms with Gasteiger partial charge in [-0.1, -0.05) is 32.9 Å². The monoisotopic (exact) mass is 467 g/mol. The van der Waals surface area contributed by atoms with Gasteiger partial charge in [0.15, 0.2) is 0 Å². The Morgan fingerprint density at radius 2 is 1.85 bits per heavy atom. The average molecular weight is 468 g/mol. The van der Waals surface area contributed by atoms with Crippen molar-refractivity contribution in [1.82, 2.24) is 4.90 Å². The van der Waals surface area contributed by atoms with Gasteiger partial charge in [0, 0.05) is 12.1 Å². The molecule has 2 N–H and O–H groups in total. The molecule has 1 amide bonds. The highest BCUT2D eigenvalue weighted by Crippen LogP contribution is 2.41. The molecule has 0 saturated carbocycles. The van der Waals surface area contributed by atoms with Gasteiger partial charge in [-0.2, -0.15) is 0 Å². The predicted molar refractivity (Wildman–Crippen MR) is 130 cm³/mol. The summed E-state index contributed by atoms with van der Waals surface area (Å²) in [7, 11) is 0. The van der Waals surface area contributed by atoms with Crippen LogP contribution in [0, 0.1) is 0 Å². The third-order valence-electron chi connectivity index (χ3n) is 5.74. The van der Waals surface area contributed by atoms with Crippen molar-refractivity contribution in [2.75, 3.05) is 26.4 Å². The van der Waals surface area contributed by atoms with E-state index in [2.05, 4.69) is 0 Å². The van der Waals surface area contributed by atoms with Crippen LogP contribution in [0.3, 0.4) is 0 Å². The minimum Gasteiger partial charge on any atom is -0.507 e. The highest BCUT2D eigenvalue weighted by Gasteiger charge is 2.45. The molecule has 1 atom stereocenters. The molecule has 0 bridgehead atoms. The van der Waals surface area contributed by atoms with Crippen LogP contribution in [0.4, 0.5) is 0 Å². The number of carbonyl (C=O) groups is 2. The number of ether oxygens (including phenoxy) is 2. The molecule has 0 aliphatic carbocycles. The van der Waals surface area contributed by atoms with Crippen LogP contribution in [-0.4, -0.2) is 53.2 Å². The molecule has 0 spiro atoms. The lowest BCUT2D eigenvalue weighted by atomic mass is 9.93. The van der Waals surface area contributed by atoms with E-state index in [1.807, 2.05) is 33.8 Å². The lowest BCUT2D eigenvalue weighted by molar-refractivity contribution is -0.139. The molecule has 3 rings (SSSR count). The number of amides is 1. The summed E-state index contributed by atoms with van der Waals surface area (Å²) < 4.78 is 11.3. The molecular weight excluding hydrogens is 434 g/mol. The molecule has 7 heteroatoms. The molecule has 1 unspecified atom stereocenters. The zero-order valence-electron chi connectivity index (χ0n) is 20.2. The van der Waals surface area contributed by atoms with Gasteiger partial charge in [0.2, 0.25) is 0 Å². The van der Waals surface area contributed by atoms with Crippen molar-refractivity contribution in [3.05, 3.63) is 64.7 Å². The quantitative estimate of drug-likeness (QED) is 0.305. The highest BCUT2D eigenvalue weighted by molar-refractivity contribution is 6.46. The molecule has 2 aromatic carbocycles. The van der Waals surface area contributed by atoms with Crippen LogP contribution in [0.5, 0.6) is 11.5 Å². The van der Waals surface area contributed by atoms with Crippen LogP contribution in [0.15, 0.2) is 48.0 Å². The zero-order valence-corrected chi connectivity index (χ0v) is 20.2. The fraction of sp³-hybridized carbons (Fsp3) is 0.407. The van der Waals surface area contributed by atoms with E-state index in [0.29, 0.717) is 36.4 Å². The number of Topliss-reactive ketones (excluding diaryl/α,β-unsaturated/α-hetero) is 1. The van der Waals surface area contributed by atoms with E-state index in [1.54, 1.807) is 36.4 Å². The third kappa shape index (κ3) is 5.09. The molecule has 34 heavy (non-hydrogen) atoms. The van der Waals surface area contributed by atoms with Gasteiger partial charge in [0.05, 0.1) is 24.8 Å². The third-order valence-corrected chi connectivity index (χ3v) is 5.74. The SMILES string of the molecule is CCCN1C(=O)C(=O)/C(=C(/O)c2ccc(OCC)c(C(C)C)c2)C1c1cccc(OCCO)c1. The number of aliphatic hydroxyl groups is 2. The van der Waals surface area contributed by atoms with Crippen molar-refractivity contribution in [2.24, 2.45) is 0 Å². The van der Waals surface area contributed by atoms with Gasteiger partial charge in [0.25, 0.3) is 11.7 Å². The molecule has 0 aromatic heterocycles. The maximum absolute atomic E-state index is 13.1. The summed E-state index contributed by atoms with van der Waals surface area (Å²) in [6.07, 6.45) is 0.658. The van der Waals surface area contributed by atoms with Gasteiger partial charge in [-0.15, -0.1) is 0 Å². The van der Waals surface area contributed by atoms with Crippen molar-refractivity contribution in [3.63, 3.8) is 0 Å². The van der Waals surface area contributed by atoms with Crippen molar-refractivity contribution >= 4 is 17.4 Å². The van der Waals surface area contributed by atoms with E-state index in [4.69, 9.17) is 14.6 Å². The second-order valence-electron chi connectivity index (χ2n) is 8.48. The Hall–Kier alpha value is -3.32. The summed E-state index contributed by atoms with van der Waals surface area (Å²) in [6.45, 7) is 8.77. The largest absolute Gasteiger partial charge is 0.507 e. The lowest BCUT2D eigenvalue weighted by Crippen LogP contribution is -2.30. The molecule has 182 valence electrons. The number of benzene rings is 2. The molecule has 1 aliphatic rings. The molecule has 0 radical (unpaired) electrons. The fourth-order valence-electron chi connectivity index (χ4n) is 4.23. The second kappa shape index (κ2) is 11.2. The van der Waals surface area contributed by atoms with Crippen molar-refractivity contribution in [3.8, 4) is 11.5 Å². The Morgan fingerprint density at radius 3 is 2.50 bits per heavy atom. The summed E-state index contributed by atoms with van der Waals surface area (Å²) >= 11 is 0. The first kappa shape index (κ1) is 25.3. The normalized spacial score (nSPS) is 17.5. The minimum atomic E-state index is -0.744. The van der Waals surface area contributed by atoms with E-state index in [9.17, 15) is 14.7 Å². The molecule has 7 nitrogen and oxygen atoms in total. The van der Waals surface area contributed by atoms with Crippen LogP contribution in [0.2, 0.25) is 0 Å². The lowest BCUT2D eigenvalue weighted by Gasteiger charge is -2.25. The molecule has 2 aromatic rings. The Labute approximate surface area is 200 Å². The van der Waals surface area contributed by atoms with Crippen LogP contribution in [-0.2, 0) is 9.59 Å². The topological polar surface area (TPSA) is 96.3 Å². The number of aliphatic hydroxyl groups excluding tert-OH is 2. The van der Waals surface area contributed by atoms with Gasteiger partial charge < -0.3 is 24.6 Å². The summed E-state index contributed by atoms with van der Waals surface area (Å²) in [5.74, 6) is -0.188. The molecule has 1 heterocycles. The van der Waals surface area contributed by atoms with Gasteiger partial charge in [-0.3, -0.25) is 9.59 Å². The van der Waals surface area contributed by atoms with Crippen molar-refractivity contribution in [1.29, 1.82) is 0 Å². The maximum Gasteiger partial charge on any atom is 0.295 e. The molecule has 1 aliphatic heterocycles. The Balaban J connectivity index is 2.16. The van der Waals surface area contributed by atoms with Crippen LogP contribution in [0.1, 0.15) is 62.8 Å². The number of ketones is 1. The summed E-state index contributed by atoms with van der Waals surface area (Å²) in [5.41, 5.74) is 2.07. The van der Waals surface area contributed by atoms with Gasteiger partial charge in [0.1, 0.15) is 23.9 Å². The standard InChI is InChI=1S/C27H33NO6/c1-5-12-28-24(18-8-7-9-20(15-18)34-14-13-29)23(26(31)27(28)32)25(30)19-10-11-22(33-6-2)21(16-19)17(3)4/h7-11,15-17,24,29-30H,5-6,12-14H2,1-4H3/b25-23+. The predicted octanol–water partition coefficient (Wildman–Crippen LogP) is 4.41. The first-order chi connectivity index (χ1) is 16.3. The summed E-state index contributed by atoms with van der Waals surface area (Å²) in [4.78, 5) is 27.6. The van der Waals surface area contributed by atoms with E-state index < -0.39 is 17.7 Å². The van der Waals surface area contributed by atoms with Crippen LogP contribution < -0.4 is 9.47 Å². The number of nitrogens with zero attached hydrogens (tertiary/aromatic N) is 1. The minimum absolute atomic E-state index is 0.0524. The van der Waals surface area contributed by atoms with Crippen LogP contribution in [0.25, 0.3) is 5.76 Å². The molecule has 1 saturated heterocycles. The van der Waals surface area contributed by atoms with Crippen molar-refractivity contribution in [2.45, 2.75) is 46.1 Å². The van der Waals surface area contributed by atoms with Crippen molar-refractivity contribution < 1.29 is 29.3 Å². The Morgan fingerprint density at radius 1 is 1.09 bits per heavy atom. The number of hydrogen-bond donors (Lipinski definition) is 2. The average Bonchev–Trinajstić information content (AvgIpc) is 3.08. The van der Waals surface area contributed by atoms with Gasteiger partial charge >= 0.3 is 0 Å². The van der Waals surface area contributed by atoms with E-state index in [0.717, 1.165) is 11.3 Å². The first-order valence-corrected chi connectivity index (χ1v) is 11.7. The van der Waals surface area contributed by atoms with Crippen LogP contribution >= 0.6 is 0 Å². The Bertz CT molecular complexity index is 1070. The van der Waals surface area contributed by atoms with Gasteiger partial charge in [-0.25, -0.2) is 0 Å². The van der Waals surface area contributed by atoms with E-state index >= 15 is 0 Å². The number of rotatable bonds is 10. The highest BCUT2D eigenvalue weighted by atomic mass is 16.5. The number of likely N-dealkylation sites (tertiary alicyclic amines) is 1. The number of hydrogen-bond acceptors (Lipinski definition) is 6. The summed E-state index contributed by atoms with van der Waals surface area (Å²) in [5, 5.41) is 20.4. The van der Waals surface area contributed by atoms with E-state index in [-0.39, 0.29) is 30.5 Å². The maximum atomic E-state index is 13.1. The smallest absolute Gasteiger partial charge is 0.295 e. The zero-order chi connectivity index (χ0) is 24.8. The fourth-order valence-corrected chi connectivity index (χ4v) is 4.23.